The van der Waals surface area contributed by atoms with Crippen LogP contribution in [-0.2, 0) is 32.0 Å². The minimum absolute atomic E-state index is 0.0268. The predicted molar refractivity (Wildman–Crippen MR) is 132 cm³/mol. The van der Waals surface area contributed by atoms with Crippen LogP contribution in [0.15, 0.2) is 36.8 Å². The molecule has 0 aliphatic carbocycles. The molecular formula is C24H34N6O7. The van der Waals surface area contributed by atoms with Gasteiger partial charge in [-0.15, -0.1) is 0 Å². The van der Waals surface area contributed by atoms with Crippen molar-refractivity contribution in [2.24, 2.45) is 11.7 Å². The molecule has 0 aliphatic heterocycles. The highest BCUT2D eigenvalue weighted by molar-refractivity contribution is 5.94. The van der Waals surface area contributed by atoms with Crippen molar-refractivity contribution in [3.05, 3.63) is 48.0 Å². The van der Waals surface area contributed by atoms with Crippen LogP contribution in [0.5, 0.6) is 5.75 Å². The number of phenols is 1. The van der Waals surface area contributed by atoms with Crippen molar-refractivity contribution in [3.63, 3.8) is 0 Å². The van der Waals surface area contributed by atoms with Crippen molar-refractivity contribution in [1.29, 1.82) is 0 Å². The quantitative estimate of drug-likeness (QED) is 0.150. The molecule has 3 amide bonds. The third-order valence-corrected chi connectivity index (χ3v) is 5.48. The molecule has 0 aliphatic rings. The summed E-state index contributed by atoms with van der Waals surface area (Å²) in [6.45, 7) is 2.96. The number of nitrogens with zero attached hydrogens (tertiary/aromatic N) is 1. The number of aromatic hydroxyl groups is 1. The van der Waals surface area contributed by atoms with Crippen LogP contribution in [0.25, 0.3) is 0 Å². The molecule has 4 unspecified atom stereocenters. The van der Waals surface area contributed by atoms with Gasteiger partial charge in [0.1, 0.15) is 23.9 Å². The molecule has 4 atom stereocenters. The molecule has 0 spiro atoms. The van der Waals surface area contributed by atoms with Crippen molar-refractivity contribution in [3.8, 4) is 5.75 Å². The number of H-pyrrole nitrogens is 1. The zero-order valence-corrected chi connectivity index (χ0v) is 20.7. The lowest BCUT2D eigenvalue weighted by Crippen LogP contribution is -2.58. The molecular weight excluding hydrogens is 484 g/mol. The van der Waals surface area contributed by atoms with Crippen molar-refractivity contribution in [1.82, 2.24) is 25.9 Å². The largest absolute Gasteiger partial charge is 0.508 e. The van der Waals surface area contributed by atoms with Crippen LogP contribution in [0.3, 0.4) is 0 Å². The van der Waals surface area contributed by atoms with E-state index in [0.29, 0.717) is 17.7 Å². The minimum Gasteiger partial charge on any atom is -0.508 e. The fourth-order valence-electron chi connectivity index (χ4n) is 3.53. The summed E-state index contributed by atoms with van der Waals surface area (Å²) in [6, 6.07) is 1.21. The third-order valence-electron chi connectivity index (χ3n) is 5.48. The zero-order valence-electron chi connectivity index (χ0n) is 20.7. The third kappa shape index (κ3) is 9.54. The molecule has 13 nitrogen and oxygen atoms in total. The molecule has 9 N–H and O–H groups in total. The highest BCUT2D eigenvalue weighted by atomic mass is 16.4. The van der Waals surface area contributed by atoms with Gasteiger partial charge in [-0.2, -0.15) is 0 Å². The number of aliphatic hydroxyl groups excluding tert-OH is 1. The number of aromatic amines is 1. The smallest absolute Gasteiger partial charge is 0.328 e. The van der Waals surface area contributed by atoms with E-state index in [-0.39, 0.29) is 24.5 Å². The second-order valence-electron chi connectivity index (χ2n) is 9.09. The number of carbonyl (C=O) groups excluding carboxylic acids is 3. The van der Waals surface area contributed by atoms with Crippen LogP contribution in [0.4, 0.5) is 0 Å². The Hall–Kier alpha value is -3.97. The lowest BCUT2D eigenvalue weighted by Gasteiger charge is -2.25. The number of rotatable bonds is 14. The first-order chi connectivity index (χ1) is 17.5. The molecule has 0 fully saturated rings. The maximum absolute atomic E-state index is 13.3. The molecule has 0 saturated heterocycles. The molecule has 0 bridgehead atoms. The van der Waals surface area contributed by atoms with Gasteiger partial charge in [-0.1, -0.05) is 26.0 Å². The number of imidazole rings is 1. The average Bonchev–Trinajstić information content (AvgIpc) is 3.35. The molecule has 2 aromatic rings. The van der Waals surface area contributed by atoms with E-state index in [4.69, 9.17) is 5.73 Å². The van der Waals surface area contributed by atoms with Gasteiger partial charge in [-0.05, 0) is 30.0 Å². The van der Waals surface area contributed by atoms with Gasteiger partial charge in [0, 0.05) is 24.7 Å². The standard InChI is InChI=1S/C24H34N6O7/c1-13(2)7-17(25)21(33)28-18(8-14-3-5-16(32)6-4-14)22(34)29-19(9-15-10-26-12-27-15)23(35)30-20(11-31)24(36)37/h3-6,10,12-13,17-20,31-32H,7-9,11,25H2,1-2H3,(H,26,27)(H,28,33)(H,29,34)(H,30,35)(H,36,37). The highest BCUT2D eigenvalue weighted by Crippen LogP contribution is 2.12. The van der Waals surface area contributed by atoms with Crippen LogP contribution < -0.4 is 21.7 Å². The SMILES string of the molecule is CC(C)CC(N)C(=O)NC(Cc1ccc(O)cc1)C(=O)NC(Cc1cnc[nH]1)C(=O)NC(CO)C(=O)O. The second kappa shape index (κ2) is 13.9. The summed E-state index contributed by atoms with van der Waals surface area (Å²) >= 11 is 0. The van der Waals surface area contributed by atoms with Crippen LogP contribution in [0, 0.1) is 5.92 Å². The summed E-state index contributed by atoms with van der Waals surface area (Å²) in [4.78, 5) is 56.9. The molecule has 2 rings (SSSR count). The summed E-state index contributed by atoms with van der Waals surface area (Å²) < 4.78 is 0. The molecule has 0 saturated carbocycles. The molecule has 1 heterocycles. The zero-order chi connectivity index (χ0) is 27.5. The highest BCUT2D eigenvalue weighted by Gasteiger charge is 2.31. The van der Waals surface area contributed by atoms with E-state index in [9.17, 15) is 34.5 Å². The number of carboxylic acid groups (broad SMARTS) is 1. The summed E-state index contributed by atoms with van der Waals surface area (Å²) in [5, 5.41) is 35.4. The predicted octanol–water partition coefficient (Wildman–Crippen LogP) is -1.19. The normalized spacial score (nSPS) is 14.3. The van der Waals surface area contributed by atoms with Crippen molar-refractivity contribution >= 4 is 23.7 Å². The van der Waals surface area contributed by atoms with E-state index < -0.39 is 54.5 Å². The van der Waals surface area contributed by atoms with Gasteiger partial charge < -0.3 is 42.0 Å². The minimum atomic E-state index is -1.57. The molecule has 1 aromatic heterocycles. The van der Waals surface area contributed by atoms with Crippen LogP contribution in [0.1, 0.15) is 31.5 Å². The number of nitrogens with one attached hydrogen (secondary N) is 4. The first kappa shape index (κ1) is 29.3. The van der Waals surface area contributed by atoms with E-state index >= 15 is 0 Å². The maximum Gasteiger partial charge on any atom is 0.328 e. The van der Waals surface area contributed by atoms with Crippen molar-refractivity contribution < 1.29 is 34.5 Å². The number of aromatic nitrogens is 2. The number of phenolic OH excluding ortho intramolecular Hbond substituents is 1. The molecule has 1 aromatic carbocycles. The van der Waals surface area contributed by atoms with Gasteiger partial charge in [-0.3, -0.25) is 14.4 Å². The van der Waals surface area contributed by atoms with E-state index in [0.717, 1.165) is 0 Å². The Kier molecular flexibility index (Phi) is 11.0. The lowest BCUT2D eigenvalue weighted by atomic mass is 10.0. The first-order valence-corrected chi connectivity index (χ1v) is 11.8. The Morgan fingerprint density at radius 1 is 0.946 bits per heavy atom. The fraction of sp³-hybridized carbons (Fsp3) is 0.458. The fourth-order valence-corrected chi connectivity index (χ4v) is 3.53. The average molecular weight is 519 g/mol. The summed E-state index contributed by atoms with van der Waals surface area (Å²) in [5.74, 6) is -3.39. The number of hydrogen-bond acceptors (Lipinski definition) is 8. The number of amides is 3. The van der Waals surface area contributed by atoms with Gasteiger partial charge in [0.05, 0.1) is 19.0 Å². The number of aliphatic carboxylic acids is 1. The Morgan fingerprint density at radius 2 is 1.51 bits per heavy atom. The van der Waals surface area contributed by atoms with Crippen molar-refractivity contribution in [2.45, 2.75) is 57.3 Å². The first-order valence-electron chi connectivity index (χ1n) is 11.8. The van der Waals surface area contributed by atoms with Gasteiger partial charge >= 0.3 is 5.97 Å². The van der Waals surface area contributed by atoms with Crippen LogP contribution in [0.2, 0.25) is 0 Å². The Morgan fingerprint density at radius 3 is 2.03 bits per heavy atom. The molecule has 13 heteroatoms. The Labute approximate surface area is 213 Å². The van der Waals surface area contributed by atoms with E-state index in [2.05, 4.69) is 25.9 Å². The number of carboxylic acids is 1. The van der Waals surface area contributed by atoms with E-state index in [1.54, 1.807) is 12.1 Å². The maximum atomic E-state index is 13.3. The number of aliphatic hydroxyl groups is 1. The number of hydrogen-bond donors (Lipinski definition) is 8. The Bertz CT molecular complexity index is 1040. The van der Waals surface area contributed by atoms with Gasteiger partial charge in [0.15, 0.2) is 0 Å². The van der Waals surface area contributed by atoms with E-state index in [1.807, 2.05) is 13.8 Å². The van der Waals surface area contributed by atoms with Crippen LogP contribution >= 0.6 is 0 Å². The molecule has 0 radical (unpaired) electrons. The summed E-state index contributed by atoms with van der Waals surface area (Å²) in [6.07, 6.45) is 3.17. The van der Waals surface area contributed by atoms with Gasteiger partial charge in [0.2, 0.25) is 17.7 Å². The van der Waals surface area contributed by atoms with Crippen LogP contribution in [-0.4, -0.2) is 79.8 Å². The summed E-state index contributed by atoms with van der Waals surface area (Å²) in [7, 11) is 0. The van der Waals surface area contributed by atoms with E-state index in [1.165, 1.54) is 24.7 Å². The summed E-state index contributed by atoms with van der Waals surface area (Å²) in [5.41, 5.74) is 7.09. The number of carbonyl (C=O) groups is 4. The molecule has 202 valence electrons. The van der Waals surface area contributed by atoms with Crippen molar-refractivity contribution in [2.75, 3.05) is 6.61 Å². The second-order valence-corrected chi connectivity index (χ2v) is 9.09. The number of benzene rings is 1. The van der Waals surface area contributed by atoms with Gasteiger partial charge in [-0.25, -0.2) is 9.78 Å². The monoisotopic (exact) mass is 518 g/mol. The topological polar surface area (TPSA) is 220 Å². The number of nitrogens with two attached hydrogens (primary N) is 1. The van der Waals surface area contributed by atoms with Gasteiger partial charge in [0.25, 0.3) is 0 Å². The Balaban J connectivity index is 2.27. The lowest BCUT2D eigenvalue weighted by molar-refractivity contribution is -0.143. The molecule has 37 heavy (non-hydrogen) atoms.